The Morgan fingerprint density at radius 3 is 2.62 bits per heavy atom. The summed E-state index contributed by atoms with van der Waals surface area (Å²) in [5, 5.41) is 0. The molecule has 0 N–H and O–H groups in total. The number of methoxy groups -OCH3 is 1. The number of nitrogens with zero attached hydrogens (tertiary/aromatic N) is 2. The van der Waals surface area contributed by atoms with Crippen molar-refractivity contribution < 1.29 is 9.53 Å². The fourth-order valence-corrected chi connectivity index (χ4v) is 0.897. The first kappa shape index (κ1) is 9.64. The number of carbonyl (C=O) groups is 1. The van der Waals surface area contributed by atoms with Gasteiger partial charge in [-0.2, -0.15) is 0 Å². The second kappa shape index (κ2) is 4.54. The molecule has 1 rings (SSSR count). The van der Waals surface area contributed by atoms with Gasteiger partial charge in [-0.3, -0.25) is 4.79 Å². The van der Waals surface area contributed by atoms with E-state index in [1.807, 2.05) is 6.92 Å². The molecule has 0 atom stereocenters. The normalized spacial score (nSPS) is 9.69. The summed E-state index contributed by atoms with van der Waals surface area (Å²) in [5.41, 5.74) is 0.955. The molecule has 70 valence electrons. The van der Waals surface area contributed by atoms with Crippen LogP contribution in [0.2, 0.25) is 0 Å². The van der Waals surface area contributed by atoms with Crippen LogP contribution in [-0.2, 0) is 16.0 Å². The van der Waals surface area contributed by atoms with Crippen molar-refractivity contribution in [1.82, 2.24) is 9.97 Å². The summed E-state index contributed by atoms with van der Waals surface area (Å²) in [4.78, 5) is 18.8. The first-order chi connectivity index (χ1) is 6.22. The minimum absolute atomic E-state index is 0.208. The molecule has 0 aliphatic rings. The highest BCUT2D eigenvalue weighted by Crippen LogP contribution is 2.00. The lowest BCUT2D eigenvalue weighted by atomic mass is 10.2. The van der Waals surface area contributed by atoms with Gasteiger partial charge in [-0.25, -0.2) is 9.97 Å². The first-order valence-electron chi connectivity index (χ1n) is 4.06. The van der Waals surface area contributed by atoms with E-state index in [1.165, 1.54) is 7.11 Å². The standard InChI is InChI=1S/C9H12N2O2/c1-7-10-5-8(6-11-7)3-4-9(12)13-2/h5-6H,3-4H2,1-2H3. The van der Waals surface area contributed by atoms with E-state index in [0.29, 0.717) is 12.8 Å². The van der Waals surface area contributed by atoms with Crippen LogP contribution in [0.5, 0.6) is 0 Å². The van der Waals surface area contributed by atoms with Crippen molar-refractivity contribution >= 4 is 5.97 Å². The van der Waals surface area contributed by atoms with Crippen molar-refractivity contribution in [1.29, 1.82) is 0 Å². The molecule has 0 unspecified atom stereocenters. The number of aromatic nitrogens is 2. The zero-order valence-electron chi connectivity index (χ0n) is 7.78. The fourth-order valence-electron chi connectivity index (χ4n) is 0.897. The van der Waals surface area contributed by atoms with Gasteiger partial charge in [0.05, 0.1) is 7.11 Å². The molecule has 0 amide bonds. The summed E-state index contributed by atoms with van der Waals surface area (Å²) in [6.45, 7) is 1.82. The highest BCUT2D eigenvalue weighted by molar-refractivity contribution is 5.69. The fraction of sp³-hybridized carbons (Fsp3) is 0.444. The smallest absolute Gasteiger partial charge is 0.305 e. The highest BCUT2D eigenvalue weighted by atomic mass is 16.5. The topological polar surface area (TPSA) is 52.1 Å². The molecule has 4 nitrogen and oxygen atoms in total. The molecule has 0 bridgehead atoms. The van der Waals surface area contributed by atoms with Crippen molar-refractivity contribution in [2.75, 3.05) is 7.11 Å². The second-order valence-electron chi connectivity index (χ2n) is 2.71. The monoisotopic (exact) mass is 180 g/mol. The van der Waals surface area contributed by atoms with Crippen LogP contribution in [0.15, 0.2) is 12.4 Å². The van der Waals surface area contributed by atoms with Crippen molar-refractivity contribution in [3.05, 3.63) is 23.8 Å². The Morgan fingerprint density at radius 2 is 2.08 bits per heavy atom. The van der Waals surface area contributed by atoms with E-state index >= 15 is 0 Å². The largest absolute Gasteiger partial charge is 0.469 e. The molecule has 0 spiro atoms. The minimum Gasteiger partial charge on any atom is -0.469 e. The van der Waals surface area contributed by atoms with Gasteiger partial charge < -0.3 is 4.74 Å². The number of esters is 1. The van der Waals surface area contributed by atoms with E-state index in [0.717, 1.165) is 11.4 Å². The maximum absolute atomic E-state index is 10.8. The minimum atomic E-state index is -0.208. The average Bonchev–Trinajstić information content (AvgIpc) is 2.16. The molecule has 0 radical (unpaired) electrons. The van der Waals surface area contributed by atoms with E-state index in [-0.39, 0.29) is 5.97 Å². The van der Waals surface area contributed by atoms with Gasteiger partial charge in [-0.05, 0) is 18.9 Å². The van der Waals surface area contributed by atoms with Crippen LogP contribution >= 0.6 is 0 Å². The summed E-state index contributed by atoms with van der Waals surface area (Å²) >= 11 is 0. The van der Waals surface area contributed by atoms with Gasteiger partial charge in [0.2, 0.25) is 0 Å². The van der Waals surface area contributed by atoms with Gasteiger partial charge in [0, 0.05) is 18.8 Å². The van der Waals surface area contributed by atoms with Crippen LogP contribution in [-0.4, -0.2) is 23.0 Å². The van der Waals surface area contributed by atoms with Gasteiger partial charge in [-0.1, -0.05) is 0 Å². The molecule has 0 fully saturated rings. The molecule has 13 heavy (non-hydrogen) atoms. The number of ether oxygens (including phenoxy) is 1. The summed E-state index contributed by atoms with van der Waals surface area (Å²) in [7, 11) is 1.38. The number of aryl methyl sites for hydroxylation is 2. The summed E-state index contributed by atoms with van der Waals surface area (Å²) < 4.78 is 4.52. The van der Waals surface area contributed by atoms with Gasteiger partial charge >= 0.3 is 5.97 Å². The molecule has 1 aromatic heterocycles. The average molecular weight is 180 g/mol. The quantitative estimate of drug-likeness (QED) is 0.648. The van der Waals surface area contributed by atoms with E-state index in [4.69, 9.17) is 0 Å². The van der Waals surface area contributed by atoms with Crippen LogP contribution in [0, 0.1) is 6.92 Å². The van der Waals surface area contributed by atoms with Crippen LogP contribution < -0.4 is 0 Å². The molecule has 0 aliphatic carbocycles. The highest BCUT2D eigenvalue weighted by Gasteiger charge is 2.01. The van der Waals surface area contributed by atoms with E-state index in [1.54, 1.807) is 12.4 Å². The molecule has 0 saturated carbocycles. The van der Waals surface area contributed by atoms with Gasteiger partial charge in [-0.15, -0.1) is 0 Å². The molecule has 1 aromatic rings. The van der Waals surface area contributed by atoms with Gasteiger partial charge in [0.15, 0.2) is 0 Å². The number of hydrogen-bond donors (Lipinski definition) is 0. The Balaban J connectivity index is 2.46. The maximum atomic E-state index is 10.8. The van der Waals surface area contributed by atoms with E-state index < -0.39 is 0 Å². The van der Waals surface area contributed by atoms with Crippen molar-refractivity contribution in [2.24, 2.45) is 0 Å². The van der Waals surface area contributed by atoms with Crippen LogP contribution in [0.3, 0.4) is 0 Å². The van der Waals surface area contributed by atoms with Crippen LogP contribution in [0.25, 0.3) is 0 Å². The predicted molar refractivity (Wildman–Crippen MR) is 47.1 cm³/mol. The van der Waals surface area contributed by atoms with Crippen molar-refractivity contribution in [3.8, 4) is 0 Å². The van der Waals surface area contributed by atoms with Crippen LogP contribution in [0.1, 0.15) is 17.8 Å². The molecule has 0 saturated heterocycles. The number of hydrogen-bond acceptors (Lipinski definition) is 4. The van der Waals surface area contributed by atoms with E-state index in [9.17, 15) is 4.79 Å². The third-order valence-corrected chi connectivity index (χ3v) is 1.68. The number of carbonyl (C=O) groups excluding carboxylic acids is 1. The predicted octanol–water partition coefficient (Wildman–Crippen LogP) is 0.891. The Labute approximate surface area is 77.0 Å². The lowest BCUT2D eigenvalue weighted by Gasteiger charge is -1.99. The zero-order valence-corrected chi connectivity index (χ0v) is 7.78. The van der Waals surface area contributed by atoms with Gasteiger partial charge in [0.25, 0.3) is 0 Å². The summed E-state index contributed by atoms with van der Waals surface area (Å²) in [6, 6.07) is 0. The third-order valence-electron chi connectivity index (χ3n) is 1.68. The Bertz CT molecular complexity index is 282. The number of rotatable bonds is 3. The lowest BCUT2D eigenvalue weighted by Crippen LogP contribution is -2.02. The molecule has 0 aliphatic heterocycles. The lowest BCUT2D eigenvalue weighted by molar-refractivity contribution is -0.140. The Morgan fingerprint density at radius 1 is 1.46 bits per heavy atom. The summed E-state index contributed by atoms with van der Waals surface area (Å²) in [6.07, 6.45) is 4.46. The SMILES string of the molecule is COC(=O)CCc1cnc(C)nc1. The second-order valence-corrected chi connectivity index (χ2v) is 2.71. The van der Waals surface area contributed by atoms with Crippen LogP contribution in [0.4, 0.5) is 0 Å². The van der Waals surface area contributed by atoms with Crippen molar-refractivity contribution in [2.45, 2.75) is 19.8 Å². The zero-order chi connectivity index (χ0) is 9.68. The molecule has 0 aromatic carbocycles. The van der Waals surface area contributed by atoms with Crippen molar-refractivity contribution in [3.63, 3.8) is 0 Å². The van der Waals surface area contributed by atoms with Gasteiger partial charge in [0.1, 0.15) is 5.82 Å². The summed E-state index contributed by atoms with van der Waals surface area (Å²) in [5.74, 6) is 0.530. The maximum Gasteiger partial charge on any atom is 0.305 e. The first-order valence-corrected chi connectivity index (χ1v) is 4.06. The Kier molecular flexibility index (Phi) is 3.37. The Hall–Kier alpha value is -1.45. The molecular formula is C9H12N2O2. The van der Waals surface area contributed by atoms with E-state index in [2.05, 4.69) is 14.7 Å². The third kappa shape index (κ3) is 3.19. The molecular weight excluding hydrogens is 168 g/mol. The molecule has 4 heteroatoms. The molecule has 1 heterocycles.